The molecule has 1 aromatic carbocycles. The molecule has 150 valence electrons. The van der Waals surface area contributed by atoms with Crippen LogP contribution in [0.2, 0.25) is 0 Å². The number of aliphatic hydroxyl groups is 1. The standard InChI is InChI=1S/C21H26N2O5/c1-22-9-4-6-16(19(22)25)13-23-10-8-18(24)21(14-23,20(26)27)12-15-5-3-7-17(11-15)28-2/h3-7,9,11,18,24H,8,10,12-14H2,1-2H3,(H,26,27)/t18-,21+/m0/s1. The van der Waals surface area contributed by atoms with Gasteiger partial charge in [0.2, 0.25) is 0 Å². The van der Waals surface area contributed by atoms with Crippen LogP contribution in [0.4, 0.5) is 0 Å². The molecule has 0 unspecified atom stereocenters. The van der Waals surface area contributed by atoms with Gasteiger partial charge in [-0.05, 0) is 36.6 Å². The van der Waals surface area contributed by atoms with Crippen LogP contribution in [0.15, 0.2) is 47.4 Å². The molecule has 1 saturated heterocycles. The Morgan fingerprint density at radius 1 is 1.32 bits per heavy atom. The first-order valence-corrected chi connectivity index (χ1v) is 9.27. The third-order valence-corrected chi connectivity index (χ3v) is 5.54. The van der Waals surface area contributed by atoms with Gasteiger partial charge in [-0.3, -0.25) is 14.5 Å². The zero-order chi connectivity index (χ0) is 20.3. The van der Waals surface area contributed by atoms with Gasteiger partial charge in [0.25, 0.3) is 5.56 Å². The van der Waals surface area contributed by atoms with E-state index < -0.39 is 17.5 Å². The van der Waals surface area contributed by atoms with Gasteiger partial charge < -0.3 is 19.5 Å². The lowest BCUT2D eigenvalue weighted by Crippen LogP contribution is -2.57. The van der Waals surface area contributed by atoms with Crippen LogP contribution in [0.5, 0.6) is 5.75 Å². The maximum atomic E-state index is 12.3. The second-order valence-corrected chi connectivity index (χ2v) is 7.45. The molecule has 3 rings (SSSR count). The highest BCUT2D eigenvalue weighted by atomic mass is 16.5. The number of nitrogens with zero attached hydrogens (tertiary/aromatic N) is 2. The lowest BCUT2D eigenvalue weighted by molar-refractivity contribution is -0.163. The van der Waals surface area contributed by atoms with Crippen LogP contribution < -0.4 is 10.3 Å². The Balaban J connectivity index is 1.87. The number of ether oxygens (including phenoxy) is 1. The van der Waals surface area contributed by atoms with E-state index in [9.17, 15) is 19.8 Å². The molecule has 0 saturated carbocycles. The minimum absolute atomic E-state index is 0.0951. The number of likely N-dealkylation sites (tertiary alicyclic amines) is 1. The Morgan fingerprint density at radius 2 is 2.11 bits per heavy atom. The minimum atomic E-state index is -1.34. The van der Waals surface area contributed by atoms with Gasteiger partial charge in [0.1, 0.15) is 11.2 Å². The maximum absolute atomic E-state index is 12.3. The van der Waals surface area contributed by atoms with Crippen LogP contribution >= 0.6 is 0 Å². The van der Waals surface area contributed by atoms with Crippen molar-refractivity contribution in [2.24, 2.45) is 12.5 Å². The van der Waals surface area contributed by atoms with Crippen molar-refractivity contribution >= 4 is 5.97 Å². The predicted octanol–water partition coefficient (Wildman–Crippen LogP) is 1.27. The Hall–Kier alpha value is -2.64. The van der Waals surface area contributed by atoms with Crippen LogP contribution in [0.3, 0.4) is 0 Å². The number of piperidine rings is 1. The molecule has 1 aliphatic rings. The number of aliphatic hydroxyl groups excluding tert-OH is 1. The molecule has 0 amide bonds. The minimum Gasteiger partial charge on any atom is -0.497 e. The van der Waals surface area contributed by atoms with Crippen LogP contribution in [-0.2, 0) is 24.8 Å². The van der Waals surface area contributed by atoms with E-state index in [1.165, 1.54) is 4.57 Å². The second kappa shape index (κ2) is 8.16. The van der Waals surface area contributed by atoms with Gasteiger partial charge in [-0.25, -0.2) is 0 Å². The summed E-state index contributed by atoms with van der Waals surface area (Å²) >= 11 is 0. The van der Waals surface area contributed by atoms with E-state index in [4.69, 9.17) is 4.74 Å². The summed E-state index contributed by atoms with van der Waals surface area (Å²) in [5.41, 5.74) is -0.0346. The molecular formula is C21H26N2O5. The number of hydrogen-bond acceptors (Lipinski definition) is 5. The molecule has 1 aromatic heterocycles. The molecule has 0 bridgehead atoms. The van der Waals surface area contributed by atoms with Crippen molar-refractivity contribution in [2.45, 2.75) is 25.5 Å². The van der Waals surface area contributed by atoms with E-state index >= 15 is 0 Å². The normalized spacial score (nSPS) is 22.8. The molecule has 7 nitrogen and oxygen atoms in total. The molecule has 0 aliphatic carbocycles. The summed E-state index contributed by atoms with van der Waals surface area (Å²) in [6.45, 7) is 1.05. The van der Waals surface area contributed by atoms with Crippen molar-refractivity contribution in [1.29, 1.82) is 0 Å². The fraction of sp³-hybridized carbons (Fsp3) is 0.429. The molecule has 2 N–H and O–H groups in total. The Kier molecular flexibility index (Phi) is 5.86. The maximum Gasteiger partial charge on any atom is 0.313 e. The molecule has 2 atom stereocenters. The van der Waals surface area contributed by atoms with Gasteiger partial charge in [0, 0.05) is 38.4 Å². The summed E-state index contributed by atoms with van der Waals surface area (Å²) in [6.07, 6.45) is 1.25. The fourth-order valence-electron chi connectivity index (χ4n) is 3.92. The highest BCUT2D eigenvalue weighted by Gasteiger charge is 2.49. The number of pyridine rings is 1. The monoisotopic (exact) mass is 386 g/mol. The zero-order valence-electron chi connectivity index (χ0n) is 16.2. The number of benzene rings is 1. The van der Waals surface area contributed by atoms with E-state index in [0.717, 1.165) is 5.56 Å². The van der Waals surface area contributed by atoms with Crippen LogP contribution in [-0.4, -0.2) is 52.0 Å². The zero-order valence-corrected chi connectivity index (χ0v) is 16.2. The molecule has 7 heteroatoms. The number of carbonyl (C=O) groups is 1. The summed E-state index contributed by atoms with van der Waals surface area (Å²) in [5, 5.41) is 20.7. The Bertz CT molecular complexity index is 910. The summed E-state index contributed by atoms with van der Waals surface area (Å²) in [5.74, 6) is -0.388. The first-order chi connectivity index (χ1) is 13.4. The molecule has 2 aromatic rings. The van der Waals surface area contributed by atoms with Crippen molar-refractivity contribution in [3.63, 3.8) is 0 Å². The highest BCUT2D eigenvalue weighted by molar-refractivity contribution is 5.76. The number of carboxylic acid groups (broad SMARTS) is 1. The molecule has 1 fully saturated rings. The van der Waals surface area contributed by atoms with Crippen molar-refractivity contribution < 1.29 is 19.7 Å². The molecular weight excluding hydrogens is 360 g/mol. The summed E-state index contributed by atoms with van der Waals surface area (Å²) in [7, 11) is 3.25. The number of aromatic nitrogens is 1. The van der Waals surface area contributed by atoms with E-state index in [1.807, 2.05) is 17.0 Å². The number of rotatable bonds is 6. The van der Waals surface area contributed by atoms with Gasteiger partial charge in [-0.1, -0.05) is 18.2 Å². The average Bonchev–Trinajstić information content (AvgIpc) is 2.68. The number of methoxy groups -OCH3 is 1. The number of carboxylic acids is 1. The summed E-state index contributed by atoms with van der Waals surface area (Å²) in [4.78, 5) is 26.5. The number of aryl methyl sites for hydroxylation is 1. The van der Waals surface area contributed by atoms with Crippen LogP contribution in [0.25, 0.3) is 0 Å². The van der Waals surface area contributed by atoms with E-state index in [2.05, 4.69) is 0 Å². The summed E-state index contributed by atoms with van der Waals surface area (Å²) in [6, 6.07) is 10.8. The van der Waals surface area contributed by atoms with Gasteiger partial charge in [0.05, 0.1) is 13.2 Å². The lowest BCUT2D eigenvalue weighted by Gasteiger charge is -2.43. The predicted molar refractivity (Wildman–Crippen MR) is 104 cm³/mol. The van der Waals surface area contributed by atoms with Gasteiger partial charge >= 0.3 is 5.97 Å². The lowest BCUT2D eigenvalue weighted by atomic mass is 9.72. The largest absolute Gasteiger partial charge is 0.497 e. The number of aliphatic carboxylic acids is 1. The first kappa shape index (κ1) is 20.1. The summed E-state index contributed by atoms with van der Waals surface area (Å²) < 4.78 is 6.74. The smallest absolute Gasteiger partial charge is 0.313 e. The topological polar surface area (TPSA) is 92.0 Å². The Labute approximate surface area is 163 Å². The highest BCUT2D eigenvalue weighted by Crippen LogP contribution is 2.35. The molecule has 2 heterocycles. The van der Waals surface area contributed by atoms with Crippen LogP contribution in [0.1, 0.15) is 17.5 Å². The SMILES string of the molecule is COc1cccc(C[C@@]2(C(=O)O)CN(Cc3cccn(C)c3=O)CC[C@@H]2O)c1. The third kappa shape index (κ3) is 3.95. The fourth-order valence-corrected chi connectivity index (χ4v) is 3.92. The van der Waals surface area contributed by atoms with E-state index in [-0.39, 0.29) is 18.5 Å². The molecule has 28 heavy (non-hydrogen) atoms. The van der Waals surface area contributed by atoms with Gasteiger partial charge in [-0.2, -0.15) is 0 Å². The van der Waals surface area contributed by atoms with Crippen LogP contribution in [0, 0.1) is 5.41 Å². The van der Waals surface area contributed by atoms with Crippen molar-refractivity contribution in [1.82, 2.24) is 9.47 Å². The number of hydrogen-bond donors (Lipinski definition) is 2. The van der Waals surface area contributed by atoms with Crippen molar-refractivity contribution in [3.8, 4) is 5.75 Å². The molecule has 0 radical (unpaired) electrons. The van der Waals surface area contributed by atoms with Gasteiger partial charge in [0.15, 0.2) is 0 Å². The van der Waals surface area contributed by atoms with Gasteiger partial charge in [-0.15, -0.1) is 0 Å². The van der Waals surface area contributed by atoms with Crippen molar-refractivity contribution in [3.05, 3.63) is 64.1 Å². The second-order valence-electron chi connectivity index (χ2n) is 7.45. The van der Waals surface area contributed by atoms with Crippen molar-refractivity contribution in [2.75, 3.05) is 20.2 Å². The molecule has 0 spiro atoms. The molecule has 1 aliphatic heterocycles. The first-order valence-electron chi connectivity index (χ1n) is 9.27. The third-order valence-electron chi connectivity index (χ3n) is 5.54. The average molecular weight is 386 g/mol. The van der Waals surface area contributed by atoms with E-state index in [1.54, 1.807) is 44.6 Å². The quantitative estimate of drug-likeness (QED) is 0.777. The Morgan fingerprint density at radius 3 is 2.82 bits per heavy atom. The van der Waals surface area contributed by atoms with E-state index in [0.29, 0.717) is 30.8 Å².